The molecular weight excluding hydrogens is 366 g/mol. The van der Waals surface area contributed by atoms with Crippen LogP contribution in [-0.4, -0.2) is 84.0 Å². The summed E-state index contributed by atoms with van der Waals surface area (Å²) in [5.41, 5.74) is 3.23. The number of likely N-dealkylation sites (tertiary alicyclic amines) is 1. The molecule has 29 heavy (non-hydrogen) atoms. The van der Waals surface area contributed by atoms with Crippen LogP contribution in [0.5, 0.6) is 0 Å². The van der Waals surface area contributed by atoms with Crippen molar-refractivity contribution < 1.29 is 9.53 Å². The molecule has 3 heterocycles. The van der Waals surface area contributed by atoms with Crippen LogP contribution >= 0.6 is 0 Å². The lowest BCUT2D eigenvalue weighted by molar-refractivity contribution is 0.0381. The molecule has 3 aliphatic rings. The van der Waals surface area contributed by atoms with Crippen molar-refractivity contribution in [2.45, 2.75) is 58.5 Å². The number of ether oxygens (including phenoxy) is 1. The molecule has 0 radical (unpaired) electrons. The van der Waals surface area contributed by atoms with Crippen LogP contribution in [0.3, 0.4) is 0 Å². The Morgan fingerprint density at radius 2 is 1.97 bits per heavy atom. The largest absolute Gasteiger partial charge is 0.379 e. The van der Waals surface area contributed by atoms with Gasteiger partial charge in [-0.3, -0.25) is 14.4 Å². The minimum Gasteiger partial charge on any atom is -0.379 e. The van der Waals surface area contributed by atoms with Gasteiger partial charge in [-0.25, -0.2) is 0 Å². The van der Waals surface area contributed by atoms with Gasteiger partial charge in [-0.15, -0.1) is 0 Å². The molecule has 7 nitrogen and oxygen atoms in total. The fourth-order valence-corrected chi connectivity index (χ4v) is 4.85. The number of carbonyl (C=O) groups is 1. The highest BCUT2D eigenvalue weighted by Gasteiger charge is 2.32. The lowest BCUT2D eigenvalue weighted by Crippen LogP contribution is -2.43. The number of fused-ring (bicyclic) bond motifs is 1. The van der Waals surface area contributed by atoms with Crippen molar-refractivity contribution >= 4 is 5.91 Å². The van der Waals surface area contributed by atoms with E-state index in [2.05, 4.69) is 28.7 Å². The van der Waals surface area contributed by atoms with E-state index >= 15 is 0 Å². The maximum Gasteiger partial charge on any atom is 0.274 e. The van der Waals surface area contributed by atoms with Gasteiger partial charge in [0.15, 0.2) is 5.69 Å². The minimum atomic E-state index is 0.148. The Kier molecular flexibility index (Phi) is 6.88. The second-order valence-electron chi connectivity index (χ2n) is 9.20. The average Bonchev–Trinajstić information content (AvgIpc) is 3.37. The quantitative estimate of drug-likeness (QED) is 0.749. The molecular formula is C22H37N5O2. The zero-order valence-electron chi connectivity index (χ0n) is 18.2. The monoisotopic (exact) mass is 403 g/mol. The first-order valence-corrected chi connectivity index (χ1v) is 11.5. The summed E-state index contributed by atoms with van der Waals surface area (Å²) < 4.78 is 7.57. The summed E-state index contributed by atoms with van der Waals surface area (Å²) in [6.07, 6.45) is 5.29. The van der Waals surface area contributed by atoms with Crippen molar-refractivity contribution in [1.29, 1.82) is 0 Å². The van der Waals surface area contributed by atoms with E-state index in [0.29, 0.717) is 12.0 Å². The van der Waals surface area contributed by atoms with Crippen LogP contribution in [-0.2, 0) is 24.1 Å². The highest BCUT2D eigenvalue weighted by Crippen LogP contribution is 2.27. The van der Waals surface area contributed by atoms with Crippen LogP contribution in [0.25, 0.3) is 0 Å². The molecule has 0 saturated carbocycles. The van der Waals surface area contributed by atoms with Crippen molar-refractivity contribution in [1.82, 2.24) is 24.9 Å². The van der Waals surface area contributed by atoms with Crippen molar-refractivity contribution in [3.63, 3.8) is 0 Å². The standard InChI is InChI=1S/C22H37N5O2/c1-17(2)16-27-20-6-5-18(23-7-10-25-11-13-29-14-12-25)15-19(20)21(24-27)22(28)26-8-3-4-9-26/h17-18,23H,3-16H2,1-2H3/t18-/m0/s1. The molecule has 1 N–H and O–H groups in total. The maximum atomic E-state index is 13.2. The molecule has 1 aromatic rings. The van der Waals surface area contributed by atoms with Crippen LogP contribution < -0.4 is 5.32 Å². The van der Waals surface area contributed by atoms with E-state index in [1.54, 1.807) is 0 Å². The number of nitrogens with zero attached hydrogens (tertiary/aromatic N) is 4. The second-order valence-corrected chi connectivity index (χ2v) is 9.20. The highest BCUT2D eigenvalue weighted by atomic mass is 16.5. The third kappa shape index (κ3) is 5.01. The minimum absolute atomic E-state index is 0.148. The molecule has 0 aromatic carbocycles. The molecule has 2 aliphatic heterocycles. The average molecular weight is 404 g/mol. The number of aromatic nitrogens is 2. The van der Waals surface area contributed by atoms with Crippen LogP contribution in [0.2, 0.25) is 0 Å². The van der Waals surface area contributed by atoms with Gasteiger partial charge in [-0.1, -0.05) is 13.8 Å². The first-order chi connectivity index (χ1) is 14.1. The molecule has 2 fully saturated rings. The highest BCUT2D eigenvalue weighted by molar-refractivity contribution is 5.94. The smallest absolute Gasteiger partial charge is 0.274 e. The summed E-state index contributed by atoms with van der Waals surface area (Å²) in [6, 6.07) is 0.436. The van der Waals surface area contributed by atoms with Gasteiger partial charge in [-0.2, -0.15) is 5.10 Å². The number of morpholine rings is 1. The van der Waals surface area contributed by atoms with E-state index in [1.165, 1.54) is 11.3 Å². The fourth-order valence-electron chi connectivity index (χ4n) is 4.85. The summed E-state index contributed by atoms with van der Waals surface area (Å²) in [7, 11) is 0. The molecule has 1 aromatic heterocycles. The number of nitrogens with one attached hydrogen (secondary N) is 1. The van der Waals surface area contributed by atoms with Gasteiger partial charge in [0, 0.05) is 63.1 Å². The zero-order valence-corrected chi connectivity index (χ0v) is 18.2. The maximum absolute atomic E-state index is 13.2. The number of hydrogen-bond acceptors (Lipinski definition) is 5. The Hall–Kier alpha value is -1.44. The Morgan fingerprint density at radius 1 is 1.21 bits per heavy atom. The number of amides is 1. The summed E-state index contributed by atoms with van der Waals surface area (Å²) >= 11 is 0. The van der Waals surface area contributed by atoms with Gasteiger partial charge < -0.3 is 15.0 Å². The lowest BCUT2D eigenvalue weighted by Gasteiger charge is -2.29. The Bertz CT molecular complexity index is 690. The van der Waals surface area contributed by atoms with Crippen molar-refractivity contribution in [2.75, 3.05) is 52.5 Å². The van der Waals surface area contributed by atoms with E-state index in [0.717, 1.165) is 96.8 Å². The summed E-state index contributed by atoms with van der Waals surface area (Å²) in [4.78, 5) is 17.6. The second kappa shape index (κ2) is 9.58. The van der Waals surface area contributed by atoms with Gasteiger partial charge in [0.2, 0.25) is 0 Å². The normalized spacial score (nSPS) is 23.0. The third-order valence-electron chi connectivity index (χ3n) is 6.45. The van der Waals surface area contributed by atoms with E-state index in [9.17, 15) is 4.79 Å². The molecule has 1 amide bonds. The summed E-state index contributed by atoms with van der Waals surface area (Å²) in [6.45, 7) is 12.9. The van der Waals surface area contributed by atoms with Gasteiger partial charge >= 0.3 is 0 Å². The predicted octanol–water partition coefficient (Wildman–Crippen LogP) is 1.55. The predicted molar refractivity (Wildman–Crippen MR) is 113 cm³/mol. The number of rotatable bonds is 7. The van der Waals surface area contributed by atoms with Crippen molar-refractivity contribution in [3.8, 4) is 0 Å². The molecule has 0 spiro atoms. The number of carbonyl (C=O) groups excluding carboxylic acids is 1. The molecule has 0 bridgehead atoms. The Balaban J connectivity index is 1.43. The fraction of sp³-hybridized carbons (Fsp3) is 0.818. The van der Waals surface area contributed by atoms with Gasteiger partial charge in [-0.05, 0) is 38.0 Å². The molecule has 2 saturated heterocycles. The van der Waals surface area contributed by atoms with Gasteiger partial charge in [0.05, 0.1) is 13.2 Å². The Labute approximate surface area is 174 Å². The van der Waals surface area contributed by atoms with Crippen LogP contribution in [0, 0.1) is 5.92 Å². The molecule has 1 atom stereocenters. The molecule has 7 heteroatoms. The first kappa shape index (κ1) is 20.8. The zero-order chi connectivity index (χ0) is 20.2. The first-order valence-electron chi connectivity index (χ1n) is 11.5. The Morgan fingerprint density at radius 3 is 2.69 bits per heavy atom. The van der Waals surface area contributed by atoms with Crippen molar-refractivity contribution in [3.05, 3.63) is 17.0 Å². The van der Waals surface area contributed by atoms with E-state index < -0.39 is 0 Å². The van der Waals surface area contributed by atoms with Crippen LogP contribution in [0.15, 0.2) is 0 Å². The number of hydrogen-bond donors (Lipinski definition) is 1. The van der Waals surface area contributed by atoms with Crippen LogP contribution in [0.4, 0.5) is 0 Å². The van der Waals surface area contributed by atoms with Crippen molar-refractivity contribution in [2.24, 2.45) is 5.92 Å². The van der Waals surface area contributed by atoms with E-state index in [1.807, 2.05) is 4.90 Å². The topological polar surface area (TPSA) is 62.6 Å². The molecule has 162 valence electrons. The molecule has 1 aliphatic carbocycles. The SMILES string of the molecule is CC(C)Cn1nc(C(=O)N2CCCC2)c2c1CC[C@H](NCCN1CCOCC1)C2. The molecule has 4 rings (SSSR count). The third-order valence-corrected chi connectivity index (χ3v) is 6.45. The van der Waals surface area contributed by atoms with E-state index in [4.69, 9.17) is 9.84 Å². The summed E-state index contributed by atoms with van der Waals surface area (Å²) in [5, 5.41) is 8.59. The van der Waals surface area contributed by atoms with E-state index in [-0.39, 0.29) is 5.91 Å². The van der Waals surface area contributed by atoms with Gasteiger partial charge in [0.1, 0.15) is 0 Å². The molecule has 0 unspecified atom stereocenters. The summed E-state index contributed by atoms with van der Waals surface area (Å²) in [5.74, 6) is 0.674. The van der Waals surface area contributed by atoms with Crippen LogP contribution in [0.1, 0.15) is 54.9 Å². The lowest BCUT2D eigenvalue weighted by atomic mass is 9.91. The van der Waals surface area contributed by atoms with Gasteiger partial charge in [0.25, 0.3) is 5.91 Å².